The van der Waals surface area contributed by atoms with Crippen molar-refractivity contribution in [3.63, 3.8) is 0 Å². The van der Waals surface area contributed by atoms with E-state index in [1.54, 1.807) is 0 Å². The summed E-state index contributed by atoms with van der Waals surface area (Å²) in [6.45, 7) is 2.15. The summed E-state index contributed by atoms with van der Waals surface area (Å²) in [5.41, 5.74) is 1.43. The van der Waals surface area contributed by atoms with Gasteiger partial charge in [-0.25, -0.2) is 0 Å². The van der Waals surface area contributed by atoms with Crippen LogP contribution in [0.4, 0.5) is 0 Å². The van der Waals surface area contributed by atoms with E-state index in [2.05, 4.69) is 19.4 Å². The molecule has 2 radical (unpaired) electrons. The Morgan fingerprint density at radius 2 is 2.57 bits per heavy atom. The minimum absolute atomic E-state index is 1.08. The molecule has 0 aliphatic heterocycles. The Bertz CT molecular complexity index is 80.0. The van der Waals surface area contributed by atoms with Gasteiger partial charge >= 0.3 is 0 Å². The summed E-state index contributed by atoms with van der Waals surface area (Å²) in [5, 5.41) is 0. The Kier molecular flexibility index (Phi) is 1.50. The van der Waals surface area contributed by atoms with Gasteiger partial charge in [-0.1, -0.05) is 5.57 Å². The number of allylic oxidation sites excluding steroid dienone is 2. The standard InChI is InChI=1S/C7H10/c1-7-5-3-2-4-6-7/h2H,3-5H2,1H3. The molecule has 0 aromatic carbocycles. The molecule has 7 heavy (non-hydrogen) atoms. The average molecular weight is 94.2 g/mol. The van der Waals surface area contributed by atoms with Gasteiger partial charge in [0.05, 0.1) is 0 Å². The minimum Gasteiger partial charge on any atom is -0.0698 e. The van der Waals surface area contributed by atoms with Crippen molar-refractivity contribution in [2.45, 2.75) is 26.2 Å². The summed E-state index contributed by atoms with van der Waals surface area (Å²) in [5.74, 6) is 0. The molecule has 0 atom stereocenters. The number of hydrogen-bond acceptors (Lipinski definition) is 0. The van der Waals surface area contributed by atoms with Crippen molar-refractivity contribution in [1.82, 2.24) is 0 Å². The van der Waals surface area contributed by atoms with Crippen molar-refractivity contribution >= 4 is 0 Å². The van der Waals surface area contributed by atoms with Crippen LogP contribution in [0.3, 0.4) is 0 Å². The highest BCUT2D eigenvalue weighted by Gasteiger charge is 1.96. The highest BCUT2D eigenvalue weighted by atomic mass is 14.0. The molecule has 0 aromatic rings. The summed E-state index contributed by atoms with van der Waals surface area (Å²) in [4.78, 5) is 0. The van der Waals surface area contributed by atoms with E-state index in [9.17, 15) is 0 Å². The zero-order valence-electron chi connectivity index (χ0n) is 4.70. The first kappa shape index (κ1) is 4.89. The maximum absolute atomic E-state index is 3.24. The van der Waals surface area contributed by atoms with Crippen LogP contribution < -0.4 is 0 Å². The lowest BCUT2D eigenvalue weighted by atomic mass is 10.0. The molecule has 1 aliphatic carbocycles. The van der Waals surface area contributed by atoms with Crippen molar-refractivity contribution in [3.05, 3.63) is 18.1 Å². The zero-order valence-corrected chi connectivity index (χ0v) is 4.70. The van der Waals surface area contributed by atoms with E-state index in [1.807, 2.05) is 0 Å². The third kappa shape index (κ3) is 1.34. The lowest BCUT2D eigenvalue weighted by Crippen LogP contribution is -1.87. The average Bonchev–Trinajstić information content (AvgIpc) is 1.69. The van der Waals surface area contributed by atoms with Crippen LogP contribution >= 0.6 is 0 Å². The van der Waals surface area contributed by atoms with Gasteiger partial charge in [0.2, 0.25) is 0 Å². The molecule has 0 unspecified atom stereocenters. The molecule has 1 rings (SSSR count). The second kappa shape index (κ2) is 2.15. The van der Waals surface area contributed by atoms with Crippen molar-refractivity contribution in [2.24, 2.45) is 0 Å². The fraction of sp³-hybridized carbons (Fsp3) is 0.571. The quantitative estimate of drug-likeness (QED) is 0.431. The second-order valence-corrected chi connectivity index (χ2v) is 1.99. The highest BCUT2D eigenvalue weighted by Crippen LogP contribution is 2.13. The first-order chi connectivity index (χ1) is 3.39. The molecule has 0 bridgehead atoms. The Labute approximate surface area is 45.2 Å². The Hall–Kier alpha value is -0.260. The van der Waals surface area contributed by atoms with Crippen LogP contribution in [0, 0.1) is 12.5 Å². The maximum atomic E-state index is 3.24. The Balaban J connectivity index is 2.40. The van der Waals surface area contributed by atoms with Crippen LogP contribution in [-0.2, 0) is 0 Å². The van der Waals surface area contributed by atoms with E-state index in [-0.39, 0.29) is 0 Å². The van der Waals surface area contributed by atoms with Gasteiger partial charge in [0.15, 0.2) is 0 Å². The summed E-state index contributed by atoms with van der Waals surface area (Å²) in [6.07, 6.45) is 9.09. The van der Waals surface area contributed by atoms with Gasteiger partial charge in [-0.15, -0.1) is 0 Å². The van der Waals surface area contributed by atoms with Gasteiger partial charge in [0, 0.05) is 0 Å². The molecule has 0 amide bonds. The molecule has 0 fully saturated rings. The second-order valence-electron chi connectivity index (χ2n) is 1.99. The minimum atomic E-state index is 1.08. The van der Waals surface area contributed by atoms with Gasteiger partial charge in [-0.2, -0.15) is 0 Å². The molecule has 0 saturated heterocycles. The van der Waals surface area contributed by atoms with E-state index in [1.165, 1.54) is 18.4 Å². The molecular formula is C7H10. The van der Waals surface area contributed by atoms with E-state index in [0.29, 0.717) is 0 Å². The molecule has 0 heteroatoms. The van der Waals surface area contributed by atoms with Gasteiger partial charge in [0.1, 0.15) is 0 Å². The molecule has 0 nitrogen and oxygen atoms in total. The lowest BCUT2D eigenvalue weighted by Gasteiger charge is -2.04. The van der Waals surface area contributed by atoms with Crippen molar-refractivity contribution < 1.29 is 0 Å². The largest absolute Gasteiger partial charge is 0.0698 e. The van der Waals surface area contributed by atoms with Crippen LogP contribution in [0.25, 0.3) is 0 Å². The monoisotopic (exact) mass is 94.1 g/mol. The Morgan fingerprint density at radius 1 is 1.71 bits per heavy atom. The third-order valence-electron chi connectivity index (χ3n) is 1.27. The third-order valence-corrected chi connectivity index (χ3v) is 1.27. The predicted octanol–water partition coefficient (Wildman–Crippen LogP) is 2.12. The maximum Gasteiger partial charge on any atom is -0.0245 e. The van der Waals surface area contributed by atoms with Gasteiger partial charge in [-0.05, 0) is 38.7 Å². The lowest BCUT2D eigenvalue weighted by molar-refractivity contribution is 0.828. The SMILES string of the molecule is CC1=[C]C[CH]CC1. The molecule has 0 spiro atoms. The van der Waals surface area contributed by atoms with Crippen LogP contribution in [-0.4, -0.2) is 0 Å². The van der Waals surface area contributed by atoms with E-state index in [0.717, 1.165) is 6.42 Å². The van der Waals surface area contributed by atoms with Crippen molar-refractivity contribution in [2.75, 3.05) is 0 Å². The van der Waals surface area contributed by atoms with E-state index >= 15 is 0 Å². The van der Waals surface area contributed by atoms with E-state index < -0.39 is 0 Å². The van der Waals surface area contributed by atoms with Crippen LogP contribution in [0.15, 0.2) is 5.57 Å². The normalized spacial score (nSPS) is 21.6. The van der Waals surface area contributed by atoms with Crippen LogP contribution in [0.2, 0.25) is 0 Å². The molecule has 0 N–H and O–H groups in total. The summed E-state index contributed by atoms with van der Waals surface area (Å²) >= 11 is 0. The molecule has 0 saturated carbocycles. The number of rotatable bonds is 0. The van der Waals surface area contributed by atoms with Crippen molar-refractivity contribution in [3.8, 4) is 0 Å². The zero-order chi connectivity index (χ0) is 5.11. The molecule has 0 heterocycles. The molecular weight excluding hydrogens is 84.1 g/mol. The van der Waals surface area contributed by atoms with Crippen LogP contribution in [0.1, 0.15) is 26.2 Å². The smallest absolute Gasteiger partial charge is 0.0245 e. The predicted molar refractivity (Wildman–Crippen MR) is 30.6 cm³/mol. The molecule has 38 valence electrons. The first-order valence-electron chi connectivity index (χ1n) is 2.77. The topological polar surface area (TPSA) is 0 Å². The van der Waals surface area contributed by atoms with Gasteiger partial charge < -0.3 is 0 Å². The number of hydrogen-bond donors (Lipinski definition) is 0. The summed E-state index contributed by atoms with van der Waals surface area (Å²) in [7, 11) is 0. The van der Waals surface area contributed by atoms with Crippen LogP contribution in [0.5, 0.6) is 0 Å². The van der Waals surface area contributed by atoms with Gasteiger partial charge in [0.25, 0.3) is 0 Å². The van der Waals surface area contributed by atoms with Crippen molar-refractivity contribution in [1.29, 1.82) is 0 Å². The molecule has 0 aromatic heterocycles. The summed E-state index contributed by atoms with van der Waals surface area (Å²) in [6, 6.07) is 0. The fourth-order valence-electron chi connectivity index (χ4n) is 0.755. The fourth-order valence-corrected chi connectivity index (χ4v) is 0.755. The highest BCUT2D eigenvalue weighted by molar-refractivity contribution is 4.99. The molecule has 1 aliphatic rings. The summed E-state index contributed by atoms with van der Waals surface area (Å²) < 4.78 is 0. The first-order valence-corrected chi connectivity index (χ1v) is 2.77. The Morgan fingerprint density at radius 3 is 2.86 bits per heavy atom. The van der Waals surface area contributed by atoms with Gasteiger partial charge in [-0.3, -0.25) is 0 Å². The van der Waals surface area contributed by atoms with E-state index in [4.69, 9.17) is 0 Å².